The van der Waals surface area contributed by atoms with Crippen LogP contribution >= 0.6 is 0 Å². The van der Waals surface area contributed by atoms with Gasteiger partial charge in [-0.15, -0.1) is 0 Å². The Bertz CT molecular complexity index is 829. The van der Waals surface area contributed by atoms with Crippen molar-refractivity contribution in [1.82, 2.24) is 4.90 Å². The highest BCUT2D eigenvalue weighted by Crippen LogP contribution is 2.38. The molecule has 1 heterocycles. The van der Waals surface area contributed by atoms with E-state index in [1.54, 1.807) is 0 Å². The number of nitrogens with zero attached hydrogens (tertiary/aromatic N) is 2. The van der Waals surface area contributed by atoms with Crippen molar-refractivity contribution < 1.29 is 14.3 Å². The maximum atomic E-state index is 12.7. The zero-order chi connectivity index (χ0) is 21.0. The molecule has 1 aliphatic heterocycles. The lowest BCUT2D eigenvalue weighted by atomic mass is 10.1. The van der Waals surface area contributed by atoms with Crippen molar-refractivity contribution in [3.8, 4) is 11.5 Å². The molecule has 29 heavy (non-hydrogen) atoms. The number of carbonyl (C=O) groups is 1. The maximum absolute atomic E-state index is 12.7. The standard InChI is InChI=1S/C23H31N3O3/c1-16(2)28-21-15-20(22(14-19(21)24)29-17(3)4)25-10-12-26(13-11-25)23(27)18-8-6-5-7-9-18/h5-9,14-17H,10-13,24H2,1-4H3. The lowest BCUT2D eigenvalue weighted by molar-refractivity contribution is 0.0746. The number of carbonyl (C=O) groups excluding carboxylic acids is 1. The summed E-state index contributed by atoms with van der Waals surface area (Å²) < 4.78 is 11.9. The number of benzene rings is 2. The third-order valence-electron chi connectivity index (χ3n) is 4.75. The van der Waals surface area contributed by atoms with Gasteiger partial charge in [0.15, 0.2) is 0 Å². The maximum Gasteiger partial charge on any atom is 0.253 e. The van der Waals surface area contributed by atoms with Gasteiger partial charge < -0.3 is 25.0 Å². The third kappa shape index (κ3) is 5.13. The Morgan fingerprint density at radius 3 is 2.07 bits per heavy atom. The number of piperazine rings is 1. The highest BCUT2D eigenvalue weighted by Gasteiger charge is 2.25. The van der Waals surface area contributed by atoms with E-state index in [-0.39, 0.29) is 18.1 Å². The Hall–Kier alpha value is -2.89. The van der Waals surface area contributed by atoms with Crippen molar-refractivity contribution in [2.45, 2.75) is 39.9 Å². The highest BCUT2D eigenvalue weighted by atomic mass is 16.5. The average Bonchev–Trinajstić information content (AvgIpc) is 2.69. The van der Waals surface area contributed by atoms with E-state index in [9.17, 15) is 4.79 Å². The molecule has 2 N–H and O–H groups in total. The highest BCUT2D eigenvalue weighted by molar-refractivity contribution is 5.94. The minimum Gasteiger partial charge on any atom is -0.489 e. The second-order valence-corrected chi connectivity index (χ2v) is 7.84. The molecule has 0 aliphatic carbocycles. The third-order valence-corrected chi connectivity index (χ3v) is 4.75. The Kier molecular flexibility index (Phi) is 6.52. The van der Waals surface area contributed by atoms with Gasteiger partial charge in [0.05, 0.1) is 23.6 Å². The number of nitrogen functional groups attached to an aromatic ring is 1. The van der Waals surface area contributed by atoms with Crippen LogP contribution in [0.2, 0.25) is 0 Å². The van der Waals surface area contributed by atoms with Crippen LogP contribution in [0.15, 0.2) is 42.5 Å². The first-order chi connectivity index (χ1) is 13.8. The van der Waals surface area contributed by atoms with Crippen LogP contribution in [0, 0.1) is 0 Å². The van der Waals surface area contributed by atoms with E-state index >= 15 is 0 Å². The van der Waals surface area contributed by atoms with E-state index in [0.717, 1.165) is 30.1 Å². The molecule has 0 aromatic heterocycles. The quantitative estimate of drug-likeness (QED) is 0.751. The van der Waals surface area contributed by atoms with Crippen LogP contribution in [0.3, 0.4) is 0 Å². The molecule has 1 amide bonds. The lowest BCUT2D eigenvalue weighted by Gasteiger charge is -2.37. The van der Waals surface area contributed by atoms with Crippen LogP contribution in [0.4, 0.5) is 11.4 Å². The molecule has 6 heteroatoms. The van der Waals surface area contributed by atoms with Crippen molar-refractivity contribution in [3.63, 3.8) is 0 Å². The first kappa shape index (κ1) is 20.8. The number of ether oxygens (including phenoxy) is 2. The monoisotopic (exact) mass is 397 g/mol. The fourth-order valence-corrected chi connectivity index (χ4v) is 3.43. The molecule has 0 atom stereocenters. The molecule has 6 nitrogen and oxygen atoms in total. The molecule has 2 aromatic carbocycles. The van der Waals surface area contributed by atoms with Crippen LogP contribution < -0.4 is 20.1 Å². The van der Waals surface area contributed by atoms with Crippen molar-refractivity contribution >= 4 is 17.3 Å². The van der Waals surface area contributed by atoms with E-state index in [2.05, 4.69) is 4.90 Å². The van der Waals surface area contributed by atoms with Crippen molar-refractivity contribution in [2.24, 2.45) is 0 Å². The second kappa shape index (κ2) is 9.07. The molecular formula is C23H31N3O3. The summed E-state index contributed by atoms with van der Waals surface area (Å²) in [7, 11) is 0. The van der Waals surface area contributed by atoms with Crippen LogP contribution in [0.5, 0.6) is 11.5 Å². The van der Waals surface area contributed by atoms with E-state index in [0.29, 0.717) is 24.5 Å². The Morgan fingerprint density at radius 2 is 1.48 bits per heavy atom. The minimum atomic E-state index is 0.0300. The van der Waals surface area contributed by atoms with Gasteiger partial charge in [-0.25, -0.2) is 0 Å². The number of hydrogen-bond acceptors (Lipinski definition) is 5. The zero-order valence-electron chi connectivity index (χ0n) is 17.7. The fraction of sp³-hybridized carbons (Fsp3) is 0.435. The van der Waals surface area contributed by atoms with Gasteiger partial charge in [0.2, 0.25) is 0 Å². The van der Waals surface area contributed by atoms with Gasteiger partial charge in [-0.3, -0.25) is 4.79 Å². The molecule has 3 rings (SSSR count). The summed E-state index contributed by atoms with van der Waals surface area (Å²) in [5.74, 6) is 1.48. The molecule has 0 saturated carbocycles. The summed E-state index contributed by atoms with van der Waals surface area (Å²) in [6, 6.07) is 13.2. The molecule has 0 spiro atoms. The van der Waals surface area contributed by atoms with Crippen molar-refractivity contribution in [3.05, 3.63) is 48.0 Å². The lowest BCUT2D eigenvalue weighted by Crippen LogP contribution is -2.49. The van der Waals surface area contributed by atoms with E-state index in [4.69, 9.17) is 15.2 Å². The minimum absolute atomic E-state index is 0.0300. The van der Waals surface area contributed by atoms with Gasteiger partial charge >= 0.3 is 0 Å². The number of amides is 1. The summed E-state index contributed by atoms with van der Waals surface area (Å²) in [6.45, 7) is 10.7. The summed E-state index contributed by atoms with van der Waals surface area (Å²) in [4.78, 5) is 16.9. The number of hydrogen-bond donors (Lipinski definition) is 1. The molecule has 1 fully saturated rings. The first-order valence-electron chi connectivity index (χ1n) is 10.2. The predicted octanol–water partition coefficient (Wildman–Crippen LogP) is 3.81. The molecular weight excluding hydrogens is 366 g/mol. The summed E-state index contributed by atoms with van der Waals surface area (Å²) in [6.07, 6.45) is 0.0633. The normalized spacial score (nSPS) is 14.4. The largest absolute Gasteiger partial charge is 0.489 e. The van der Waals surface area contributed by atoms with Crippen LogP contribution in [0.25, 0.3) is 0 Å². The van der Waals surface area contributed by atoms with Crippen molar-refractivity contribution in [2.75, 3.05) is 36.8 Å². The molecule has 0 radical (unpaired) electrons. The molecule has 1 aliphatic rings. The van der Waals surface area contributed by atoms with E-state index < -0.39 is 0 Å². The van der Waals surface area contributed by atoms with Gasteiger partial charge in [-0.05, 0) is 39.8 Å². The molecule has 156 valence electrons. The van der Waals surface area contributed by atoms with E-state index in [1.807, 2.05) is 75.1 Å². The molecule has 0 unspecified atom stereocenters. The van der Waals surface area contributed by atoms with Crippen LogP contribution in [-0.2, 0) is 0 Å². The number of anilines is 2. The van der Waals surface area contributed by atoms with Gasteiger partial charge in [-0.2, -0.15) is 0 Å². The van der Waals surface area contributed by atoms with Gasteiger partial charge in [0.25, 0.3) is 5.91 Å². The summed E-state index contributed by atoms with van der Waals surface area (Å²) in [5, 5.41) is 0. The fourth-order valence-electron chi connectivity index (χ4n) is 3.43. The summed E-state index contributed by atoms with van der Waals surface area (Å²) in [5.41, 5.74) is 8.44. The van der Waals surface area contributed by atoms with E-state index in [1.165, 1.54) is 0 Å². The molecule has 1 saturated heterocycles. The molecule has 2 aromatic rings. The van der Waals surface area contributed by atoms with Crippen LogP contribution in [0.1, 0.15) is 38.1 Å². The number of rotatable bonds is 6. The van der Waals surface area contributed by atoms with Crippen LogP contribution in [-0.4, -0.2) is 49.2 Å². The molecule has 0 bridgehead atoms. The summed E-state index contributed by atoms with van der Waals surface area (Å²) >= 11 is 0. The topological polar surface area (TPSA) is 68.0 Å². The SMILES string of the molecule is CC(C)Oc1cc(N2CCN(C(=O)c3ccccc3)CC2)c(OC(C)C)cc1N. The van der Waals surface area contributed by atoms with Gasteiger partial charge in [-0.1, -0.05) is 18.2 Å². The predicted molar refractivity (Wildman–Crippen MR) is 117 cm³/mol. The Labute approximate surface area is 173 Å². The number of nitrogens with two attached hydrogens (primary N) is 1. The zero-order valence-corrected chi connectivity index (χ0v) is 17.7. The van der Waals surface area contributed by atoms with Crippen molar-refractivity contribution in [1.29, 1.82) is 0 Å². The van der Waals surface area contributed by atoms with Gasteiger partial charge in [0.1, 0.15) is 11.5 Å². The average molecular weight is 398 g/mol. The van der Waals surface area contributed by atoms with Gasteiger partial charge in [0, 0.05) is 43.9 Å². The Balaban J connectivity index is 1.78. The smallest absolute Gasteiger partial charge is 0.253 e. The Morgan fingerprint density at radius 1 is 0.897 bits per heavy atom. The second-order valence-electron chi connectivity index (χ2n) is 7.84. The first-order valence-corrected chi connectivity index (χ1v) is 10.2.